The zero-order valence-corrected chi connectivity index (χ0v) is 7.97. The summed E-state index contributed by atoms with van der Waals surface area (Å²) in [5, 5.41) is 0. The molecule has 1 rings (SSSR count). The zero-order valence-electron chi connectivity index (χ0n) is 7.97. The molecular weight excluding hydrogens is 209 g/mol. The van der Waals surface area contributed by atoms with Gasteiger partial charge in [0.15, 0.2) is 5.78 Å². The molecule has 1 unspecified atom stereocenters. The van der Waals surface area contributed by atoms with Gasteiger partial charge in [0.2, 0.25) is 5.78 Å². The van der Waals surface area contributed by atoms with Gasteiger partial charge in [-0.3, -0.25) is 9.59 Å². The van der Waals surface area contributed by atoms with E-state index in [1.54, 1.807) is 0 Å². The van der Waals surface area contributed by atoms with Crippen molar-refractivity contribution >= 4 is 11.6 Å². The number of hydrogen-bond acceptors (Lipinski definition) is 2. The summed E-state index contributed by atoms with van der Waals surface area (Å²) in [6.45, 7) is 1.09. The highest BCUT2D eigenvalue weighted by Gasteiger charge is 2.38. The molecule has 0 bridgehead atoms. The van der Waals surface area contributed by atoms with E-state index in [0.717, 1.165) is 25.2 Å². The van der Waals surface area contributed by atoms with E-state index >= 15 is 0 Å². The molecule has 82 valence electrons. The quantitative estimate of drug-likeness (QED) is 0.666. The Bertz CT molecular complexity index is 350. The van der Waals surface area contributed by atoms with Gasteiger partial charge in [-0.05, 0) is 6.42 Å². The van der Waals surface area contributed by atoms with Crippen LogP contribution in [0.2, 0.25) is 0 Å². The molecule has 1 atom stereocenters. The van der Waals surface area contributed by atoms with Gasteiger partial charge in [0.25, 0.3) is 0 Å². The third-order valence-electron chi connectivity index (χ3n) is 2.10. The summed E-state index contributed by atoms with van der Waals surface area (Å²) >= 11 is 0. The highest BCUT2D eigenvalue weighted by atomic mass is 19.4. The van der Waals surface area contributed by atoms with E-state index in [1.165, 1.54) is 0 Å². The van der Waals surface area contributed by atoms with E-state index < -0.39 is 23.7 Å². The van der Waals surface area contributed by atoms with Crippen molar-refractivity contribution < 1.29 is 22.8 Å². The van der Waals surface area contributed by atoms with Crippen molar-refractivity contribution in [1.82, 2.24) is 0 Å². The molecular formula is C10H9F3O2. The van der Waals surface area contributed by atoms with Crippen molar-refractivity contribution in [2.24, 2.45) is 5.92 Å². The van der Waals surface area contributed by atoms with E-state index in [9.17, 15) is 22.8 Å². The minimum atomic E-state index is -4.29. The van der Waals surface area contributed by atoms with Gasteiger partial charge in [-0.15, -0.1) is 0 Å². The van der Waals surface area contributed by atoms with E-state index in [4.69, 9.17) is 0 Å². The maximum absolute atomic E-state index is 12.2. The molecule has 0 saturated carbocycles. The van der Waals surface area contributed by atoms with Gasteiger partial charge in [-0.1, -0.05) is 18.2 Å². The predicted molar refractivity (Wildman–Crippen MR) is 47.1 cm³/mol. The lowest BCUT2D eigenvalue weighted by atomic mass is 9.93. The van der Waals surface area contributed by atoms with Gasteiger partial charge in [0.1, 0.15) is 0 Å². The Morgan fingerprint density at radius 1 is 1.40 bits per heavy atom. The first kappa shape index (κ1) is 11.7. The Morgan fingerprint density at radius 2 is 2.00 bits per heavy atom. The molecule has 0 fully saturated rings. The highest BCUT2D eigenvalue weighted by molar-refractivity contribution is 6.43. The van der Waals surface area contributed by atoms with Gasteiger partial charge in [0.05, 0.1) is 5.92 Å². The van der Waals surface area contributed by atoms with Crippen LogP contribution in [0.15, 0.2) is 23.8 Å². The molecule has 5 heteroatoms. The molecule has 0 spiro atoms. The summed E-state index contributed by atoms with van der Waals surface area (Å²) in [7, 11) is 0. The van der Waals surface area contributed by atoms with Gasteiger partial charge >= 0.3 is 6.18 Å². The van der Waals surface area contributed by atoms with E-state index in [1.807, 2.05) is 0 Å². The molecule has 2 nitrogen and oxygen atoms in total. The summed E-state index contributed by atoms with van der Waals surface area (Å²) in [6, 6.07) is 0. The number of carbonyl (C=O) groups excluding carboxylic acids is 2. The average Bonchev–Trinajstić information content (AvgIpc) is 2.15. The maximum atomic E-state index is 12.2. The number of Topliss-reactive ketones (excluding diaryl/α,β-unsaturated/α-hetero) is 2. The third kappa shape index (κ3) is 2.78. The third-order valence-corrected chi connectivity index (χ3v) is 2.10. The smallest absolute Gasteiger partial charge is 0.291 e. The van der Waals surface area contributed by atoms with Crippen LogP contribution in [0, 0.1) is 5.92 Å². The van der Waals surface area contributed by atoms with Crippen LogP contribution in [0.25, 0.3) is 0 Å². The monoisotopic (exact) mass is 218 g/mol. The molecule has 0 saturated heterocycles. The van der Waals surface area contributed by atoms with Gasteiger partial charge in [-0.25, -0.2) is 0 Å². The van der Waals surface area contributed by atoms with Crippen LogP contribution in [0.3, 0.4) is 0 Å². The first-order valence-electron chi connectivity index (χ1n) is 4.32. The van der Waals surface area contributed by atoms with E-state index in [2.05, 4.69) is 0 Å². The Kier molecular flexibility index (Phi) is 3.12. The van der Waals surface area contributed by atoms with Crippen molar-refractivity contribution in [3.05, 3.63) is 23.8 Å². The van der Waals surface area contributed by atoms with Crippen LogP contribution in [-0.4, -0.2) is 17.7 Å². The topological polar surface area (TPSA) is 34.1 Å². The van der Waals surface area contributed by atoms with Crippen LogP contribution in [-0.2, 0) is 9.59 Å². The number of rotatable bonds is 2. The number of halogens is 3. The molecule has 1 aliphatic carbocycles. The first-order valence-corrected chi connectivity index (χ1v) is 4.32. The van der Waals surface area contributed by atoms with Crippen molar-refractivity contribution in [2.45, 2.75) is 19.5 Å². The minimum Gasteiger partial charge on any atom is -0.291 e. The SMILES string of the molecule is CC(=O)C(=O)C1=CCC(C(F)(F)F)C=C1. The zero-order chi connectivity index (χ0) is 11.6. The molecule has 0 amide bonds. The van der Waals surface area contributed by atoms with E-state index in [-0.39, 0.29) is 12.0 Å². The maximum Gasteiger partial charge on any atom is 0.395 e. The normalized spacial score (nSPS) is 21.1. The van der Waals surface area contributed by atoms with E-state index in [0.29, 0.717) is 0 Å². The molecule has 0 aromatic carbocycles. The second-order valence-electron chi connectivity index (χ2n) is 3.29. The predicted octanol–water partition coefficient (Wildman–Crippen LogP) is 2.21. The molecule has 0 aromatic heterocycles. The van der Waals surface area contributed by atoms with Crippen LogP contribution < -0.4 is 0 Å². The summed E-state index contributed by atoms with van der Waals surface area (Å²) in [5.74, 6) is -2.97. The standard InChI is InChI=1S/C10H9F3O2/c1-6(14)9(15)7-2-4-8(5-3-7)10(11,12)13/h2-4,8H,5H2,1H3. The van der Waals surface area contributed by atoms with Crippen LogP contribution >= 0.6 is 0 Å². The number of carbonyl (C=O) groups is 2. The summed E-state index contributed by atoms with van der Waals surface area (Å²) < 4.78 is 36.6. The highest BCUT2D eigenvalue weighted by Crippen LogP contribution is 2.33. The van der Waals surface area contributed by atoms with Crippen molar-refractivity contribution in [2.75, 3.05) is 0 Å². The Balaban J connectivity index is 2.74. The number of ketones is 2. The molecule has 0 aliphatic heterocycles. The lowest BCUT2D eigenvalue weighted by Crippen LogP contribution is -2.23. The van der Waals surface area contributed by atoms with Crippen molar-refractivity contribution in [3.63, 3.8) is 0 Å². The molecule has 0 N–H and O–H groups in total. The number of allylic oxidation sites excluding steroid dienone is 4. The lowest BCUT2D eigenvalue weighted by Gasteiger charge is -2.18. The van der Waals surface area contributed by atoms with Gasteiger partial charge < -0.3 is 0 Å². The van der Waals surface area contributed by atoms with Crippen LogP contribution in [0.1, 0.15) is 13.3 Å². The Morgan fingerprint density at radius 3 is 2.33 bits per heavy atom. The van der Waals surface area contributed by atoms with Gasteiger partial charge in [-0.2, -0.15) is 13.2 Å². The molecule has 0 aromatic rings. The Labute approximate surface area is 84.5 Å². The Hall–Kier alpha value is -1.39. The van der Waals surface area contributed by atoms with Gasteiger partial charge in [0, 0.05) is 12.5 Å². The van der Waals surface area contributed by atoms with Crippen LogP contribution in [0.4, 0.5) is 13.2 Å². The average molecular weight is 218 g/mol. The fourth-order valence-electron chi connectivity index (χ4n) is 1.23. The first-order chi connectivity index (χ1) is 6.82. The van der Waals surface area contributed by atoms with Crippen molar-refractivity contribution in [3.8, 4) is 0 Å². The molecule has 1 aliphatic rings. The second-order valence-corrected chi connectivity index (χ2v) is 3.29. The van der Waals surface area contributed by atoms with Crippen molar-refractivity contribution in [1.29, 1.82) is 0 Å². The molecule has 0 heterocycles. The second kappa shape index (κ2) is 4.00. The number of hydrogen-bond donors (Lipinski definition) is 0. The summed E-state index contributed by atoms with van der Waals surface area (Å²) in [5.41, 5.74) is 0.0444. The fraction of sp³-hybridized carbons (Fsp3) is 0.400. The lowest BCUT2D eigenvalue weighted by molar-refractivity contribution is -0.160. The summed E-state index contributed by atoms with van der Waals surface area (Å²) in [6.07, 6.45) is -1.45. The molecule has 0 radical (unpaired) electrons. The minimum absolute atomic E-state index is 0.0444. The fourth-order valence-corrected chi connectivity index (χ4v) is 1.23. The largest absolute Gasteiger partial charge is 0.395 e. The summed E-state index contributed by atoms with van der Waals surface area (Å²) in [4.78, 5) is 21.8. The number of alkyl halides is 3. The van der Waals surface area contributed by atoms with Crippen LogP contribution in [0.5, 0.6) is 0 Å². The molecule has 15 heavy (non-hydrogen) atoms.